The second kappa shape index (κ2) is 45.6. The maximum Gasteiger partial charge on any atom is 0.417 e. The van der Waals surface area contributed by atoms with Gasteiger partial charge in [-0.05, 0) is 213 Å². The predicted octanol–water partition coefficient (Wildman–Crippen LogP) is 22.6. The van der Waals surface area contributed by atoms with Crippen LogP contribution in [0.2, 0.25) is 0 Å². The first-order valence-corrected chi connectivity index (χ1v) is 39.8. The van der Waals surface area contributed by atoms with E-state index in [4.69, 9.17) is 18.9 Å². The fourth-order valence-electron chi connectivity index (χ4n) is 12.8. The molecule has 121 heavy (non-hydrogen) atoms. The van der Waals surface area contributed by atoms with Crippen molar-refractivity contribution in [1.82, 2.24) is 20.9 Å². The van der Waals surface area contributed by atoms with E-state index in [0.29, 0.717) is 86.0 Å². The Bertz CT molecular complexity index is 4370. The summed E-state index contributed by atoms with van der Waals surface area (Å²) in [5.74, 6) is -3.88. The van der Waals surface area contributed by atoms with E-state index in [1.54, 1.807) is 65.8 Å². The minimum atomic E-state index is -4.77. The van der Waals surface area contributed by atoms with E-state index in [1.807, 2.05) is 34.6 Å². The van der Waals surface area contributed by atoms with E-state index in [1.165, 1.54) is 67.3 Å². The Morgan fingerprint density at radius 3 is 1.07 bits per heavy atom. The fraction of sp³-hybridized carbons (Fsp3) is 0.478. The number of aliphatic hydroxyl groups excluding tert-OH is 2. The third kappa shape index (κ3) is 30.1. The Morgan fingerprint density at radius 2 is 0.752 bits per heavy atom. The lowest BCUT2D eigenvalue weighted by Gasteiger charge is -2.32. The lowest BCUT2D eigenvalue weighted by molar-refractivity contribution is -0.139. The zero-order valence-corrected chi connectivity index (χ0v) is 70.6. The quantitative estimate of drug-likeness (QED) is 0.0122. The molecule has 0 saturated carbocycles. The molecule has 6 aromatic rings. The third-order valence-corrected chi connectivity index (χ3v) is 18.9. The molecule has 5 atom stereocenters. The predicted molar refractivity (Wildman–Crippen MR) is 428 cm³/mol. The average Bonchev–Trinajstić information content (AvgIpc) is 1.59. The smallest absolute Gasteiger partial charge is 0.417 e. The molecular weight excluding hydrogens is 1610 g/mol. The molecule has 8 rings (SSSR count). The van der Waals surface area contributed by atoms with Crippen molar-refractivity contribution in [1.29, 1.82) is 0 Å². The number of unbranched alkanes of at least 4 members (excludes halogenated alkanes) is 3. The summed E-state index contributed by atoms with van der Waals surface area (Å²) < 4.78 is 204. The number of hydrogen-bond acceptors (Lipinski definition) is 15. The number of ether oxygens (including phenoxy) is 4. The number of aliphatic hydroxyl groups is 2. The number of hydrogen-bond donors (Lipinski definition) is 5. The van der Waals surface area contributed by atoms with Crippen LogP contribution in [0.25, 0.3) is 0 Å². The number of halogens is 14. The van der Waals surface area contributed by atoms with Gasteiger partial charge in [-0.1, -0.05) is 149 Å². The highest BCUT2D eigenvalue weighted by atomic mass is 19.4. The van der Waals surface area contributed by atoms with Gasteiger partial charge in [0.1, 0.15) is 34.8 Å². The van der Waals surface area contributed by atoms with Crippen LogP contribution in [0.5, 0.6) is 0 Å². The summed E-state index contributed by atoms with van der Waals surface area (Å²) in [5, 5.41) is 29.1. The van der Waals surface area contributed by atoms with Gasteiger partial charge in [0.15, 0.2) is 0 Å². The molecule has 0 aliphatic carbocycles. The monoisotopic (exact) mass is 1720 g/mol. The Kier molecular flexibility index (Phi) is 38.9. The Labute approximate surface area is 697 Å². The number of aldehydes is 1. The van der Waals surface area contributed by atoms with Crippen molar-refractivity contribution in [2.75, 3.05) is 0 Å². The van der Waals surface area contributed by atoms with Crippen LogP contribution in [0.15, 0.2) is 146 Å². The van der Waals surface area contributed by atoms with E-state index >= 15 is 0 Å². The van der Waals surface area contributed by atoms with Gasteiger partial charge < -0.3 is 45.1 Å². The van der Waals surface area contributed by atoms with Crippen LogP contribution < -0.4 is 16.0 Å². The first kappa shape index (κ1) is 103. The highest BCUT2D eigenvalue weighted by Crippen LogP contribution is 2.45. The number of nitrogens with one attached hydrogen (secondary N) is 3. The summed E-state index contributed by atoms with van der Waals surface area (Å²) in [6, 6.07) is 23.2. The second-order valence-corrected chi connectivity index (χ2v) is 31.1. The number of alkyl halides is 12. The number of benzene rings is 6. The third-order valence-electron chi connectivity index (χ3n) is 18.9. The van der Waals surface area contributed by atoms with E-state index in [2.05, 4.69) is 43.0 Å². The number of rotatable bonds is 30. The largest absolute Gasteiger partial charge is 0.459 e. The van der Waals surface area contributed by atoms with Crippen LogP contribution in [0.1, 0.15) is 307 Å². The molecule has 0 aromatic heterocycles. The van der Waals surface area contributed by atoms with Crippen molar-refractivity contribution in [3.8, 4) is 0 Å². The van der Waals surface area contributed by atoms with E-state index in [-0.39, 0.29) is 40.2 Å². The van der Waals surface area contributed by atoms with Gasteiger partial charge in [-0.15, -0.1) is 0 Å². The lowest BCUT2D eigenvalue weighted by Crippen LogP contribution is -2.44. The molecule has 2 amide bonds. The van der Waals surface area contributed by atoms with E-state index < -0.39 is 153 Å². The maximum atomic E-state index is 14.3. The molecule has 2 heterocycles. The first-order chi connectivity index (χ1) is 56.2. The topological polar surface area (TPSA) is 236 Å². The van der Waals surface area contributed by atoms with Crippen molar-refractivity contribution in [3.63, 3.8) is 0 Å². The molecule has 31 heteroatoms. The summed E-state index contributed by atoms with van der Waals surface area (Å²) >= 11 is 0. The molecule has 0 radical (unpaired) electrons. The van der Waals surface area contributed by atoms with Gasteiger partial charge in [-0.2, -0.15) is 52.7 Å². The van der Waals surface area contributed by atoms with Crippen LogP contribution >= 0.6 is 0 Å². The minimum absolute atomic E-state index is 0.0151. The minimum Gasteiger partial charge on any atom is -0.459 e. The van der Waals surface area contributed by atoms with Gasteiger partial charge in [0.25, 0.3) is 11.8 Å². The number of carbonyl (C=O) groups excluding carboxylic acids is 7. The molecule has 3 unspecified atom stereocenters. The molecule has 5 N–H and O–H groups in total. The zero-order chi connectivity index (χ0) is 91.6. The highest BCUT2D eigenvalue weighted by molar-refractivity contribution is 5.96. The Hall–Kier alpha value is -10.2. The summed E-state index contributed by atoms with van der Waals surface area (Å²) in [6.45, 7) is 34.4. The van der Waals surface area contributed by atoms with Gasteiger partial charge in [0, 0.05) is 5.56 Å². The zero-order valence-electron chi connectivity index (χ0n) is 70.6. The average molecular weight is 1720 g/mol. The SMILES string of the molecule is C=C1NC(=O)[C@@](CCC(C)C)(c2ccc(F)cc2)N1.C=C1N[C@](CCC(C)C)(c2ccc(F)cc2)C(=O)N1C(CCCC)c1ccc(C(F)(F)F)c(C(=O)OC(C)C)c1.CC(C)OC(=O)c1cc(C=O)ccc1C(F)(F)F.CCCCC(O)c1ccc(C(F)(F)F)c(C(=O)OC(C)C)c1.CCCCC(O)c1ccc(C(F)(F)F)c(C(=O)OC(C)C)c1. The number of esters is 4. The normalized spacial score (nSPS) is 16.2. The number of amides is 2. The highest BCUT2D eigenvalue weighted by Gasteiger charge is 2.52. The first-order valence-electron chi connectivity index (χ1n) is 39.8. The van der Waals surface area contributed by atoms with Gasteiger partial charge in [-0.25, -0.2) is 28.0 Å². The number of nitrogens with zero attached hydrogens (tertiary/aromatic N) is 1. The van der Waals surface area contributed by atoms with Gasteiger partial charge in [-0.3, -0.25) is 19.3 Å². The van der Waals surface area contributed by atoms with E-state index in [0.717, 1.165) is 86.6 Å². The summed E-state index contributed by atoms with van der Waals surface area (Å²) in [5.41, 5.74) is -6.46. The van der Waals surface area contributed by atoms with Crippen molar-refractivity contribution in [2.24, 2.45) is 11.8 Å². The molecule has 0 spiro atoms. The molecule has 0 bridgehead atoms. The summed E-state index contributed by atoms with van der Waals surface area (Å²) in [4.78, 5) is 86.8. The van der Waals surface area contributed by atoms with Gasteiger partial charge in [0.05, 0.1) is 93.0 Å². The standard InChI is InChI=1S/C31H38F4N2O3.2C16H21F3O3.C15H19FN2O.C12H11F3O3/c1-7-8-9-27(22-10-15-26(31(33,34)35)25(18-22)28(38)40-20(4)5)37-21(6)36-30(29(37)39,17-16-19(2)3)23-11-13-24(32)14-12-23;2*1-4-5-6-14(20)11-7-8-13(16(17,18)19)12(9-11)15(21)22-10(2)3;1-10(2)8-9-15(14(19)17-11(3)18-15)12-4-6-13(16)7-5-12;1-7(2)18-11(17)9-5-8(6-16)3-4-10(9)12(13,14)15/h10-15,18-20,27,36H,6-9,16-17H2,1-5H3;2*7-10,14,20H,4-6H2,1-3H3;4-7,10,18H,3,8-9H2,1-2H3,(H,17,19);3-7H,1-2H3/t27?,30-;;;15-;/m1..1./s1. The Morgan fingerprint density at radius 1 is 0.438 bits per heavy atom. The molecular formula is C90H110F14N4O13. The van der Waals surface area contributed by atoms with Crippen LogP contribution in [-0.4, -0.2) is 81.5 Å². The van der Waals surface area contributed by atoms with Crippen molar-refractivity contribution < 1.29 is 124 Å². The van der Waals surface area contributed by atoms with Crippen molar-refractivity contribution in [2.45, 2.75) is 266 Å². The molecule has 17 nitrogen and oxygen atoms in total. The van der Waals surface area contributed by atoms with E-state index in [9.17, 15) is 105 Å². The van der Waals surface area contributed by atoms with Crippen LogP contribution in [-0.2, 0) is 64.3 Å². The summed E-state index contributed by atoms with van der Waals surface area (Å²) in [7, 11) is 0. The molecule has 2 aliphatic rings. The molecule has 6 aromatic carbocycles. The molecule has 2 fully saturated rings. The second-order valence-electron chi connectivity index (χ2n) is 31.1. The maximum absolute atomic E-state index is 14.3. The van der Waals surface area contributed by atoms with Gasteiger partial charge in [0.2, 0.25) is 0 Å². The Balaban J connectivity index is 0.000000331. The fourth-order valence-corrected chi connectivity index (χ4v) is 12.8. The van der Waals surface area contributed by atoms with Crippen LogP contribution in [0.4, 0.5) is 61.5 Å². The summed E-state index contributed by atoms with van der Waals surface area (Å²) in [6.07, 6.45) is -13.8. The lowest BCUT2D eigenvalue weighted by atomic mass is 9.83. The molecule has 2 saturated heterocycles. The van der Waals surface area contributed by atoms with Crippen LogP contribution in [0, 0.1) is 23.5 Å². The van der Waals surface area contributed by atoms with Crippen molar-refractivity contribution in [3.05, 3.63) is 236 Å². The number of carbonyl (C=O) groups is 7. The van der Waals surface area contributed by atoms with Crippen LogP contribution in [0.3, 0.4) is 0 Å². The molecule has 666 valence electrons. The van der Waals surface area contributed by atoms with Crippen molar-refractivity contribution >= 4 is 42.0 Å². The van der Waals surface area contributed by atoms with Gasteiger partial charge >= 0.3 is 48.6 Å². The molecule has 2 aliphatic heterocycles.